The van der Waals surface area contributed by atoms with Gasteiger partial charge in [0, 0.05) is 10.5 Å². The maximum atomic E-state index is 13.3. The number of fused-ring (bicyclic) bond motifs is 2. The van der Waals surface area contributed by atoms with E-state index in [1.54, 1.807) is 24.3 Å². The maximum Gasteiger partial charge on any atom is 0.297 e. The van der Waals surface area contributed by atoms with E-state index in [-0.39, 0.29) is 22.5 Å². The standard InChI is InChI=1S/C20H17NO3/c22-19(15-9-5-2-6-10-15)20(21(23)24)17-12-11-16(13-17)18(20)14-7-3-1-4-8-14/h1-12,16-18H,13H2/t16-,17-,18+,20+/m1/s1. The summed E-state index contributed by atoms with van der Waals surface area (Å²) in [5.74, 6) is -1.11. The van der Waals surface area contributed by atoms with Crippen LogP contribution in [0, 0.1) is 22.0 Å². The minimum atomic E-state index is -1.61. The molecule has 1 fully saturated rings. The molecule has 0 unspecified atom stereocenters. The minimum Gasteiger partial charge on any atom is -0.286 e. The summed E-state index contributed by atoms with van der Waals surface area (Å²) in [6.07, 6.45) is 4.58. The second-order valence-corrected chi connectivity index (χ2v) is 6.56. The van der Waals surface area contributed by atoms with E-state index in [1.165, 1.54) is 0 Å². The fourth-order valence-corrected chi connectivity index (χ4v) is 4.48. The van der Waals surface area contributed by atoms with E-state index >= 15 is 0 Å². The molecular formula is C20H17NO3. The molecule has 2 aromatic carbocycles. The Morgan fingerprint density at radius 3 is 2.25 bits per heavy atom. The van der Waals surface area contributed by atoms with Crippen LogP contribution in [0.3, 0.4) is 0 Å². The molecule has 120 valence electrons. The molecule has 24 heavy (non-hydrogen) atoms. The second-order valence-electron chi connectivity index (χ2n) is 6.56. The van der Waals surface area contributed by atoms with Crippen molar-refractivity contribution < 1.29 is 9.72 Å². The highest BCUT2D eigenvalue weighted by atomic mass is 16.6. The average Bonchev–Trinajstić information content (AvgIpc) is 3.22. The molecule has 0 aromatic heterocycles. The number of hydrogen-bond donors (Lipinski definition) is 0. The van der Waals surface area contributed by atoms with Crippen LogP contribution in [-0.2, 0) is 0 Å². The number of rotatable bonds is 4. The Morgan fingerprint density at radius 1 is 1.00 bits per heavy atom. The first-order valence-corrected chi connectivity index (χ1v) is 8.13. The highest BCUT2D eigenvalue weighted by Gasteiger charge is 2.70. The molecule has 0 spiro atoms. The molecule has 4 nitrogen and oxygen atoms in total. The largest absolute Gasteiger partial charge is 0.297 e. The van der Waals surface area contributed by atoms with Crippen LogP contribution in [-0.4, -0.2) is 16.2 Å². The highest BCUT2D eigenvalue weighted by Crippen LogP contribution is 2.57. The Bertz CT molecular complexity index is 815. The Kier molecular flexibility index (Phi) is 3.34. The predicted octanol–water partition coefficient (Wildman–Crippen LogP) is 3.87. The van der Waals surface area contributed by atoms with E-state index in [1.807, 2.05) is 48.6 Å². The zero-order chi connectivity index (χ0) is 16.7. The second kappa shape index (κ2) is 5.41. The number of allylic oxidation sites excluding steroid dienone is 1. The fraction of sp³-hybridized carbons (Fsp3) is 0.250. The van der Waals surface area contributed by atoms with Crippen molar-refractivity contribution in [3.63, 3.8) is 0 Å². The molecule has 4 atom stereocenters. The summed E-state index contributed by atoms with van der Waals surface area (Å²) < 4.78 is 0. The van der Waals surface area contributed by atoms with E-state index < -0.39 is 11.5 Å². The number of carbonyl (C=O) groups is 1. The first kappa shape index (κ1) is 14.8. The van der Waals surface area contributed by atoms with Gasteiger partial charge in [-0.05, 0) is 17.9 Å². The van der Waals surface area contributed by atoms with Gasteiger partial charge in [-0.1, -0.05) is 72.8 Å². The molecule has 0 radical (unpaired) electrons. The summed E-state index contributed by atoms with van der Waals surface area (Å²) in [6.45, 7) is 0. The molecule has 2 aromatic rings. The van der Waals surface area contributed by atoms with Crippen molar-refractivity contribution in [1.29, 1.82) is 0 Å². The van der Waals surface area contributed by atoms with Gasteiger partial charge < -0.3 is 0 Å². The van der Waals surface area contributed by atoms with Crippen molar-refractivity contribution in [2.45, 2.75) is 17.9 Å². The van der Waals surface area contributed by atoms with Gasteiger partial charge in [-0.25, -0.2) is 0 Å². The number of carbonyl (C=O) groups excluding carboxylic acids is 1. The van der Waals surface area contributed by atoms with Crippen molar-refractivity contribution in [3.8, 4) is 0 Å². The Labute approximate surface area is 140 Å². The van der Waals surface area contributed by atoms with Crippen LogP contribution in [0.15, 0.2) is 72.8 Å². The van der Waals surface area contributed by atoms with Gasteiger partial charge in [-0.3, -0.25) is 14.9 Å². The van der Waals surface area contributed by atoms with Crippen molar-refractivity contribution in [2.75, 3.05) is 0 Å². The van der Waals surface area contributed by atoms with Gasteiger partial charge in [0.05, 0.1) is 11.8 Å². The van der Waals surface area contributed by atoms with E-state index in [0.29, 0.717) is 12.0 Å². The van der Waals surface area contributed by atoms with Crippen LogP contribution in [0.4, 0.5) is 0 Å². The maximum absolute atomic E-state index is 13.3. The van der Waals surface area contributed by atoms with E-state index in [0.717, 1.165) is 5.56 Å². The number of nitrogens with zero attached hydrogens (tertiary/aromatic N) is 1. The van der Waals surface area contributed by atoms with Crippen LogP contribution < -0.4 is 0 Å². The summed E-state index contributed by atoms with van der Waals surface area (Å²) >= 11 is 0. The summed E-state index contributed by atoms with van der Waals surface area (Å²) in [6, 6.07) is 18.1. The van der Waals surface area contributed by atoms with Gasteiger partial charge in [0.1, 0.15) is 0 Å². The Hall–Kier alpha value is -2.75. The topological polar surface area (TPSA) is 60.2 Å². The number of hydrogen-bond acceptors (Lipinski definition) is 3. The first-order chi connectivity index (χ1) is 11.7. The molecule has 2 aliphatic rings. The monoisotopic (exact) mass is 319 g/mol. The van der Waals surface area contributed by atoms with E-state index in [2.05, 4.69) is 0 Å². The third-order valence-electron chi connectivity index (χ3n) is 5.44. The van der Waals surface area contributed by atoms with Crippen molar-refractivity contribution in [1.82, 2.24) is 0 Å². The van der Waals surface area contributed by atoms with Gasteiger partial charge in [0.2, 0.25) is 5.78 Å². The molecular weight excluding hydrogens is 302 g/mol. The number of nitro groups is 1. The summed E-state index contributed by atoms with van der Waals surface area (Å²) in [5, 5.41) is 12.3. The minimum absolute atomic E-state index is 0.0375. The van der Waals surface area contributed by atoms with Crippen molar-refractivity contribution >= 4 is 5.78 Å². The fourth-order valence-electron chi connectivity index (χ4n) is 4.48. The van der Waals surface area contributed by atoms with Crippen molar-refractivity contribution in [2.24, 2.45) is 11.8 Å². The van der Waals surface area contributed by atoms with Gasteiger partial charge in [0.25, 0.3) is 5.54 Å². The Morgan fingerprint density at radius 2 is 1.62 bits per heavy atom. The third-order valence-corrected chi connectivity index (χ3v) is 5.44. The molecule has 0 saturated heterocycles. The molecule has 0 aliphatic heterocycles. The summed E-state index contributed by atoms with van der Waals surface area (Å²) in [5.41, 5.74) is -0.325. The molecule has 0 N–H and O–H groups in total. The SMILES string of the molecule is O=C(c1ccccc1)[C@]1([N+](=O)[O-])[C@@H]2C=C[C@H](C2)[C@@H]1c1ccccc1. The third kappa shape index (κ3) is 1.89. The highest BCUT2D eigenvalue weighted by molar-refractivity contribution is 6.04. The lowest BCUT2D eigenvalue weighted by atomic mass is 9.69. The number of benzene rings is 2. The lowest BCUT2D eigenvalue weighted by Crippen LogP contribution is -2.54. The van der Waals surface area contributed by atoms with Gasteiger partial charge in [-0.15, -0.1) is 0 Å². The lowest BCUT2D eigenvalue weighted by Gasteiger charge is -2.33. The summed E-state index contributed by atoms with van der Waals surface area (Å²) in [4.78, 5) is 25.2. The molecule has 2 bridgehead atoms. The molecule has 4 rings (SSSR count). The van der Waals surface area contributed by atoms with Crippen LogP contribution in [0.5, 0.6) is 0 Å². The average molecular weight is 319 g/mol. The number of Topliss-reactive ketones (excluding diaryl/α,β-unsaturated/α-hetero) is 1. The quantitative estimate of drug-likeness (QED) is 0.372. The Balaban J connectivity index is 1.91. The van der Waals surface area contributed by atoms with Crippen LogP contribution in [0.2, 0.25) is 0 Å². The van der Waals surface area contributed by atoms with Crippen molar-refractivity contribution in [3.05, 3.63) is 94.1 Å². The van der Waals surface area contributed by atoms with Crippen LogP contribution in [0.1, 0.15) is 28.3 Å². The van der Waals surface area contributed by atoms with E-state index in [4.69, 9.17) is 0 Å². The van der Waals surface area contributed by atoms with Gasteiger partial charge in [-0.2, -0.15) is 0 Å². The number of ketones is 1. The molecule has 0 amide bonds. The molecule has 4 heteroatoms. The first-order valence-electron chi connectivity index (χ1n) is 8.13. The molecule has 0 heterocycles. The zero-order valence-electron chi connectivity index (χ0n) is 13.0. The zero-order valence-corrected chi connectivity index (χ0v) is 13.0. The van der Waals surface area contributed by atoms with Crippen LogP contribution in [0.25, 0.3) is 0 Å². The van der Waals surface area contributed by atoms with Crippen LogP contribution >= 0.6 is 0 Å². The van der Waals surface area contributed by atoms with E-state index in [9.17, 15) is 14.9 Å². The lowest BCUT2D eigenvalue weighted by molar-refractivity contribution is -0.558. The van der Waals surface area contributed by atoms with Gasteiger partial charge >= 0.3 is 0 Å². The summed E-state index contributed by atoms with van der Waals surface area (Å²) in [7, 11) is 0. The smallest absolute Gasteiger partial charge is 0.286 e. The molecule has 1 saturated carbocycles. The normalized spacial score (nSPS) is 30.4. The van der Waals surface area contributed by atoms with Gasteiger partial charge in [0.15, 0.2) is 0 Å². The molecule has 2 aliphatic carbocycles. The predicted molar refractivity (Wildman–Crippen MR) is 90.4 cm³/mol.